The van der Waals surface area contributed by atoms with Gasteiger partial charge in [-0.25, -0.2) is 0 Å². The lowest BCUT2D eigenvalue weighted by molar-refractivity contribution is -0.139. The molecule has 1 heterocycles. The molecule has 0 amide bonds. The molecular formula is C9H17NO2S. The Kier molecular flexibility index (Phi) is 5.23. The highest BCUT2D eigenvalue weighted by molar-refractivity contribution is 7.99. The van der Waals surface area contributed by atoms with Gasteiger partial charge in [-0.3, -0.25) is 4.79 Å². The molecule has 0 aliphatic carbocycles. The lowest BCUT2D eigenvalue weighted by atomic mass is 10.2. The Balaban J connectivity index is 1.96. The molecule has 1 saturated heterocycles. The van der Waals surface area contributed by atoms with Crippen molar-refractivity contribution in [3.05, 3.63) is 0 Å². The number of hydrogen-bond acceptors (Lipinski definition) is 4. The second-order valence-electron chi connectivity index (χ2n) is 3.18. The monoisotopic (exact) mass is 203 g/mol. The fourth-order valence-corrected chi connectivity index (χ4v) is 2.35. The van der Waals surface area contributed by atoms with E-state index >= 15 is 0 Å². The molecule has 1 fully saturated rings. The van der Waals surface area contributed by atoms with E-state index in [2.05, 4.69) is 5.32 Å². The summed E-state index contributed by atoms with van der Waals surface area (Å²) in [5, 5.41) is 3.31. The van der Waals surface area contributed by atoms with Crippen molar-refractivity contribution in [2.45, 2.75) is 13.3 Å². The minimum absolute atomic E-state index is 0.0848. The minimum atomic E-state index is -0.0848. The molecule has 13 heavy (non-hydrogen) atoms. The van der Waals surface area contributed by atoms with Crippen LogP contribution in [-0.4, -0.2) is 37.2 Å². The smallest absolute Gasteiger partial charge is 0.315 e. The summed E-state index contributed by atoms with van der Waals surface area (Å²) in [4.78, 5) is 11.0. The number of esters is 1. The fraction of sp³-hybridized carbons (Fsp3) is 0.889. The first-order valence-electron chi connectivity index (χ1n) is 4.77. The van der Waals surface area contributed by atoms with Gasteiger partial charge in [0.25, 0.3) is 0 Å². The van der Waals surface area contributed by atoms with Crippen molar-refractivity contribution in [2.75, 3.05) is 31.2 Å². The molecule has 76 valence electrons. The standard InChI is InChI=1S/C9H17NO2S/c1-2-12-9(11)7-13-6-8-3-4-10-5-8/h8,10H,2-7H2,1H3. The lowest BCUT2D eigenvalue weighted by Gasteiger charge is -2.06. The van der Waals surface area contributed by atoms with Crippen molar-refractivity contribution in [1.82, 2.24) is 5.32 Å². The van der Waals surface area contributed by atoms with E-state index < -0.39 is 0 Å². The summed E-state index contributed by atoms with van der Waals surface area (Å²) >= 11 is 1.68. The molecule has 1 N–H and O–H groups in total. The van der Waals surface area contributed by atoms with Gasteiger partial charge in [-0.2, -0.15) is 0 Å². The van der Waals surface area contributed by atoms with Crippen LogP contribution in [0.4, 0.5) is 0 Å². The van der Waals surface area contributed by atoms with Crippen LogP contribution < -0.4 is 5.32 Å². The summed E-state index contributed by atoms with van der Waals surface area (Å²) in [6.45, 7) is 4.56. The summed E-state index contributed by atoms with van der Waals surface area (Å²) < 4.78 is 4.83. The molecule has 1 rings (SSSR count). The number of ether oxygens (including phenoxy) is 1. The zero-order valence-electron chi connectivity index (χ0n) is 8.04. The molecule has 0 aromatic rings. The van der Waals surface area contributed by atoms with Crippen LogP contribution in [0, 0.1) is 5.92 Å². The van der Waals surface area contributed by atoms with Gasteiger partial charge in [0.2, 0.25) is 0 Å². The quantitative estimate of drug-likeness (QED) is 0.674. The highest BCUT2D eigenvalue weighted by Gasteiger charge is 2.14. The van der Waals surface area contributed by atoms with Gasteiger partial charge in [-0.15, -0.1) is 11.8 Å². The third-order valence-electron chi connectivity index (χ3n) is 2.04. The van der Waals surface area contributed by atoms with E-state index in [0.717, 1.165) is 24.8 Å². The van der Waals surface area contributed by atoms with Crippen LogP contribution in [0.15, 0.2) is 0 Å². The van der Waals surface area contributed by atoms with E-state index in [1.807, 2.05) is 6.92 Å². The normalized spacial score (nSPS) is 21.8. The van der Waals surface area contributed by atoms with Crippen molar-refractivity contribution in [3.8, 4) is 0 Å². The molecule has 1 atom stereocenters. The van der Waals surface area contributed by atoms with Gasteiger partial charge in [0.15, 0.2) is 0 Å². The molecule has 0 aromatic heterocycles. The van der Waals surface area contributed by atoms with Crippen LogP contribution in [0.3, 0.4) is 0 Å². The first-order valence-corrected chi connectivity index (χ1v) is 5.92. The average molecular weight is 203 g/mol. The Morgan fingerprint density at radius 1 is 1.69 bits per heavy atom. The van der Waals surface area contributed by atoms with Gasteiger partial charge in [-0.05, 0) is 38.1 Å². The van der Waals surface area contributed by atoms with E-state index in [1.165, 1.54) is 6.42 Å². The van der Waals surface area contributed by atoms with Crippen LogP contribution in [0.2, 0.25) is 0 Å². The van der Waals surface area contributed by atoms with E-state index in [4.69, 9.17) is 4.74 Å². The second-order valence-corrected chi connectivity index (χ2v) is 4.21. The SMILES string of the molecule is CCOC(=O)CSCC1CCNC1. The number of rotatable bonds is 5. The van der Waals surface area contributed by atoms with E-state index in [1.54, 1.807) is 11.8 Å². The Labute approximate surface area is 83.6 Å². The highest BCUT2D eigenvalue weighted by Crippen LogP contribution is 2.14. The van der Waals surface area contributed by atoms with Gasteiger partial charge in [0, 0.05) is 0 Å². The number of carbonyl (C=O) groups is 1. The molecule has 1 aliphatic rings. The molecule has 1 aliphatic heterocycles. The van der Waals surface area contributed by atoms with Gasteiger partial charge in [-0.1, -0.05) is 0 Å². The second kappa shape index (κ2) is 6.27. The number of nitrogens with one attached hydrogen (secondary N) is 1. The molecular weight excluding hydrogens is 186 g/mol. The topological polar surface area (TPSA) is 38.3 Å². The fourth-order valence-electron chi connectivity index (χ4n) is 1.37. The molecule has 0 saturated carbocycles. The summed E-state index contributed by atoms with van der Waals surface area (Å²) in [6, 6.07) is 0. The summed E-state index contributed by atoms with van der Waals surface area (Å²) in [7, 11) is 0. The maximum Gasteiger partial charge on any atom is 0.315 e. The van der Waals surface area contributed by atoms with E-state index in [0.29, 0.717) is 12.4 Å². The van der Waals surface area contributed by atoms with Gasteiger partial charge >= 0.3 is 5.97 Å². The van der Waals surface area contributed by atoms with E-state index in [-0.39, 0.29) is 5.97 Å². The predicted molar refractivity (Wildman–Crippen MR) is 54.9 cm³/mol. The number of hydrogen-bond donors (Lipinski definition) is 1. The van der Waals surface area contributed by atoms with Gasteiger partial charge in [0.05, 0.1) is 12.4 Å². The van der Waals surface area contributed by atoms with Crippen molar-refractivity contribution in [3.63, 3.8) is 0 Å². The maximum absolute atomic E-state index is 11.0. The van der Waals surface area contributed by atoms with Crippen molar-refractivity contribution >= 4 is 17.7 Å². The first kappa shape index (κ1) is 10.9. The van der Waals surface area contributed by atoms with Gasteiger partial charge in [0.1, 0.15) is 0 Å². The number of thioether (sulfide) groups is 1. The average Bonchev–Trinajstić information content (AvgIpc) is 2.57. The zero-order valence-corrected chi connectivity index (χ0v) is 8.86. The van der Waals surface area contributed by atoms with Crippen molar-refractivity contribution in [1.29, 1.82) is 0 Å². The number of carbonyl (C=O) groups excluding carboxylic acids is 1. The Hall–Kier alpha value is -0.220. The van der Waals surface area contributed by atoms with Crippen LogP contribution in [-0.2, 0) is 9.53 Å². The molecule has 0 bridgehead atoms. The van der Waals surface area contributed by atoms with Crippen molar-refractivity contribution in [2.24, 2.45) is 5.92 Å². The molecule has 0 radical (unpaired) electrons. The Bertz CT molecular complexity index is 158. The predicted octanol–water partition coefficient (Wildman–Crippen LogP) is 0.892. The molecule has 4 heteroatoms. The first-order chi connectivity index (χ1) is 6.33. The van der Waals surface area contributed by atoms with Crippen LogP contribution >= 0.6 is 11.8 Å². The van der Waals surface area contributed by atoms with Crippen LogP contribution in [0.1, 0.15) is 13.3 Å². The largest absolute Gasteiger partial charge is 0.465 e. The third-order valence-corrected chi connectivity index (χ3v) is 3.19. The molecule has 0 aromatic carbocycles. The summed E-state index contributed by atoms with van der Waals surface area (Å²) in [6.07, 6.45) is 1.25. The highest BCUT2D eigenvalue weighted by atomic mass is 32.2. The zero-order chi connectivity index (χ0) is 9.52. The molecule has 0 spiro atoms. The molecule has 3 nitrogen and oxygen atoms in total. The Morgan fingerprint density at radius 2 is 2.54 bits per heavy atom. The van der Waals surface area contributed by atoms with Crippen LogP contribution in [0.5, 0.6) is 0 Å². The Morgan fingerprint density at radius 3 is 3.15 bits per heavy atom. The van der Waals surface area contributed by atoms with Gasteiger partial charge < -0.3 is 10.1 Å². The minimum Gasteiger partial charge on any atom is -0.465 e. The van der Waals surface area contributed by atoms with Crippen molar-refractivity contribution < 1.29 is 9.53 Å². The van der Waals surface area contributed by atoms with Crippen LogP contribution in [0.25, 0.3) is 0 Å². The summed E-state index contributed by atoms with van der Waals surface area (Å²) in [5.41, 5.74) is 0. The third kappa shape index (κ3) is 4.52. The summed E-state index contributed by atoms with van der Waals surface area (Å²) in [5.74, 6) is 2.24. The maximum atomic E-state index is 11.0. The molecule has 1 unspecified atom stereocenters. The lowest BCUT2D eigenvalue weighted by Crippen LogP contribution is -2.12. The van der Waals surface area contributed by atoms with E-state index in [9.17, 15) is 4.79 Å².